The van der Waals surface area contributed by atoms with Gasteiger partial charge in [-0.3, -0.25) is 0 Å². The first-order valence-corrected chi connectivity index (χ1v) is 7.28. The third kappa shape index (κ3) is 2.72. The summed E-state index contributed by atoms with van der Waals surface area (Å²) in [5.74, 6) is 2.45. The van der Waals surface area contributed by atoms with Crippen molar-refractivity contribution in [1.29, 1.82) is 0 Å². The van der Waals surface area contributed by atoms with Crippen molar-refractivity contribution in [3.63, 3.8) is 0 Å². The van der Waals surface area contributed by atoms with Crippen molar-refractivity contribution in [2.75, 3.05) is 11.9 Å². The van der Waals surface area contributed by atoms with E-state index < -0.39 is 0 Å². The molecule has 19 heavy (non-hydrogen) atoms. The zero-order valence-electron chi connectivity index (χ0n) is 11.8. The summed E-state index contributed by atoms with van der Waals surface area (Å²) in [6, 6.07) is 6.06. The number of nitrogens with zero attached hydrogens (tertiary/aromatic N) is 3. The molecule has 0 atom stereocenters. The number of fused-ring (bicyclic) bond motifs is 1. The van der Waals surface area contributed by atoms with Crippen LogP contribution in [0.4, 0.5) is 5.95 Å². The maximum absolute atomic E-state index is 4.51. The molecule has 0 spiro atoms. The minimum absolute atomic E-state index is 0.757. The summed E-state index contributed by atoms with van der Waals surface area (Å²) in [6.07, 6.45) is 5.40. The van der Waals surface area contributed by atoms with Crippen LogP contribution in [0.3, 0.4) is 0 Å². The van der Waals surface area contributed by atoms with E-state index in [1.165, 1.54) is 25.7 Å². The summed E-state index contributed by atoms with van der Waals surface area (Å²) in [7, 11) is 0. The largest absolute Gasteiger partial charge is 0.353 e. The Hall–Kier alpha value is -1.58. The number of anilines is 1. The SMILES string of the molecule is Cc1cccc2nc(NCC3CCC(C)CC3)nn12. The fourth-order valence-corrected chi connectivity index (χ4v) is 2.88. The molecule has 1 saturated carbocycles. The van der Waals surface area contributed by atoms with E-state index in [0.717, 1.165) is 35.7 Å². The fraction of sp³-hybridized carbons (Fsp3) is 0.600. The summed E-state index contributed by atoms with van der Waals surface area (Å²) < 4.78 is 1.89. The second kappa shape index (κ2) is 5.19. The number of pyridine rings is 1. The maximum atomic E-state index is 4.51. The van der Waals surface area contributed by atoms with Gasteiger partial charge in [0.2, 0.25) is 5.95 Å². The van der Waals surface area contributed by atoms with Crippen molar-refractivity contribution in [1.82, 2.24) is 14.6 Å². The molecule has 4 heteroatoms. The van der Waals surface area contributed by atoms with Gasteiger partial charge < -0.3 is 5.32 Å². The first kappa shape index (κ1) is 12.5. The van der Waals surface area contributed by atoms with Gasteiger partial charge in [-0.15, -0.1) is 5.10 Å². The van der Waals surface area contributed by atoms with Gasteiger partial charge in [-0.25, -0.2) is 4.52 Å². The van der Waals surface area contributed by atoms with Gasteiger partial charge in [0.15, 0.2) is 5.65 Å². The first-order valence-electron chi connectivity index (χ1n) is 7.28. The molecule has 1 aliphatic carbocycles. The minimum atomic E-state index is 0.757. The average molecular weight is 258 g/mol. The summed E-state index contributed by atoms with van der Waals surface area (Å²) in [4.78, 5) is 4.51. The molecule has 0 aromatic carbocycles. The lowest BCUT2D eigenvalue weighted by Gasteiger charge is -2.25. The van der Waals surface area contributed by atoms with Crippen molar-refractivity contribution in [3.8, 4) is 0 Å². The minimum Gasteiger partial charge on any atom is -0.353 e. The molecule has 2 heterocycles. The Bertz CT molecular complexity index is 552. The predicted octanol–water partition coefficient (Wildman–Crippen LogP) is 3.28. The Morgan fingerprint density at radius 1 is 1.26 bits per heavy atom. The van der Waals surface area contributed by atoms with Crippen LogP contribution in [-0.2, 0) is 0 Å². The smallest absolute Gasteiger partial charge is 0.243 e. The van der Waals surface area contributed by atoms with Crippen LogP contribution in [-0.4, -0.2) is 21.1 Å². The molecule has 1 fully saturated rings. The van der Waals surface area contributed by atoms with Crippen LogP contribution in [0.15, 0.2) is 18.2 Å². The maximum Gasteiger partial charge on any atom is 0.243 e. The summed E-state index contributed by atoms with van der Waals surface area (Å²) >= 11 is 0. The molecule has 0 saturated heterocycles. The quantitative estimate of drug-likeness (QED) is 0.918. The van der Waals surface area contributed by atoms with Crippen LogP contribution in [0, 0.1) is 18.8 Å². The molecule has 1 aliphatic rings. The van der Waals surface area contributed by atoms with Crippen molar-refractivity contribution in [2.24, 2.45) is 11.8 Å². The van der Waals surface area contributed by atoms with E-state index in [2.05, 4.69) is 22.3 Å². The molecule has 4 nitrogen and oxygen atoms in total. The Balaban J connectivity index is 1.64. The molecule has 3 rings (SSSR count). The second-order valence-corrected chi connectivity index (χ2v) is 5.88. The highest BCUT2D eigenvalue weighted by molar-refractivity contribution is 5.44. The zero-order valence-corrected chi connectivity index (χ0v) is 11.8. The van der Waals surface area contributed by atoms with Gasteiger partial charge in [0.05, 0.1) is 0 Å². The van der Waals surface area contributed by atoms with Gasteiger partial charge in [-0.1, -0.05) is 25.8 Å². The van der Waals surface area contributed by atoms with Gasteiger partial charge in [0, 0.05) is 12.2 Å². The highest BCUT2D eigenvalue weighted by atomic mass is 15.3. The predicted molar refractivity (Wildman–Crippen MR) is 77.3 cm³/mol. The molecule has 0 amide bonds. The molecule has 0 aliphatic heterocycles. The van der Waals surface area contributed by atoms with Gasteiger partial charge in [0.25, 0.3) is 0 Å². The lowest BCUT2D eigenvalue weighted by Crippen LogP contribution is -2.20. The topological polar surface area (TPSA) is 42.2 Å². The Morgan fingerprint density at radius 3 is 2.79 bits per heavy atom. The molecule has 0 bridgehead atoms. The lowest BCUT2D eigenvalue weighted by molar-refractivity contribution is 0.300. The third-order valence-electron chi connectivity index (χ3n) is 4.23. The van der Waals surface area contributed by atoms with E-state index >= 15 is 0 Å². The lowest BCUT2D eigenvalue weighted by atomic mass is 9.83. The normalized spacial score (nSPS) is 23.7. The molecular weight excluding hydrogens is 236 g/mol. The molecule has 2 aromatic rings. The van der Waals surface area contributed by atoms with E-state index in [1.54, 1.807) is 0 Å². The third-order valence-corrected chi connectivity index (χ3v) is 4.23. The van der Waals surface area contributed by atoms with Gasteiger partial charge in [-0.05, 0) is 43.7 Å². The Morgan fingerprint density at radius 2 is 2.05 bits per heavy atom. The summed E-state index contributed by atoms with van der Waals surface area (Å²) in [5, 5.41) is 7.91. The van der Waals surface area contributed by atoms with Crippen LogP contribution in [0.25, 0.3) is 5.65 Å². The first-order chi connectivity index (χ1) is 9.22. The number of hydrogen-bond donors (Lipinski definition) is 1. The van der Waals surface area contributed by atoms with E-state index in [4.69, 9.17) is 0 Å². The van der Waals surface area contributed by atoms with E-state index in [1.807, 2.05) is 29.6 Å². The van der Waals surface area contributed by atoms with Crippen LogP contribution in [0.5, 0.6) is 0 Å². The average Bonchev–Trinajstić information content (AvgIpc) is 2.83. The standard InChI is InChI=1S/C15H22N4/c1-11-6-8-13(9-7-11)10-16-15-17-14-5-3-4-12(2)19(14)18-15/h3-5,11,13H,6-10H2,1-2H3,(H,16,18). The van der Waals surface area contributed by atoms with Crippen LogP contribution < -0.4 is 5.32 Å². The van der Waals surface area contributed by atoms with Gasteiger partial charge >= 0.3 is 0 Å². The molecule has 0 radical (unpaired) electrons. The van der Waals surface area contributed by atoms with Crippen molar-refractivity contribution in [2.45, 2.75) is 39.5 Å². The summed E-state index contributed by atoms with van der Waals surface area (Å²) in [6.45, 7) is 5.41. The molecule has 102 valence electrons. The fourth-order valence-electron chi connectivity index (χ4n) is 2.88. The molecular formula is C15H22N4. The monoisotopic (exact) mass is 258 g/mol. The van der Waals surface area contributed by atoms with E-state index in [0.29, 0.717) is 0 Å². The van der Waals surface area contributed by atoms with Gasteiger partial charge in [0.1, 0.15) is 0 Å². The van der Waals surface area contributed by atoms with Crippen LogP contribution in [0.2, 0.25) is 0 Å². The highest BCUT2D eigenvalue weighted by Gasteiger charge is 2.18. The van der Waals surface area contributed by atoms with Crippen molar-refractivity contribution in [3.05, 3.63) is 23.9 Å². The van der Waals surface area contributed by atoms with Crippen LogP contribution in [0.1, 0.15) is 38.3 Å². The second-order valence-electron chi connectivity index (χ2n) is 5.88. The Labute approximate surface area is 114 Å². The highest BCUT2D eigenvalue weighted by Crippen LogP contribution is 2.28. The van der Waals surface area contributed by atoms with E-state index in [9.17, 15) is 0 Å². The number of aryl methyl sites for hydroxylation is 1. The Kier molecular flexibility index (Phi) is 3.40. The number of hydrogen-bond acceptors (Lipinski definition) is 3. The molecule has 2 aromatic heterocycles. The van der Waals surface area contributed by atoms with Crippen LogP contribution >= 0.6 is 0 Å². The zero-order chi connectivity index (χ0) is 13.2. The molecule has 1 N–H and O–H groups in total. The van der Waals surface area contributed by atoms with Crippen molar-refractivity contribution < 1.29 is 0 Å². The number of rotatable bonds is 3. The van der Waals surface area contributed by atoms with E-state index in [-0.39, 0.29) is 0 Å². The molecule has 0 unspecified atom stereocenters. The van der Waals surface area contributed by atoms with Crippen molar-refractivity contribution >= 4 is 11.6 Å². The van der Waals surface area contributed by atoms with Gasteiger partial charge in [-0.2, -0.15) is 4.98 Å². The summed E-state index contributed by atoms with van der Waals surface area (Å²) in [5.41, 5.74) is 2.03. The number of nitrogens with one attached hydrogen (secondary N) is 1. The number of aromatic nitrogens is 3.